The Hall–Kier alpha value is -1.98. The van der Waals surface area contributed by atoms with Gasteiger partial charge in [0.15, 0.2) is 0 Å². The van der Waals surface area contributed by atoms with Crippen molar-refractivity contribution in [2.75, 3.05) is 31.1 Å². The van der Waals surface area contributed by atoms with Crippen molar-refractivity contribution in [2.24, 2.45) is 5.92 Å². The number of fused-ring (bicyclic) bond motifs is 2. The Labute approximate surface area is 185 Å². The van der Waals surface area contributed by atoms with Gasteiger partial charge in [0.25, 0.3) is 5.91 Å². The topological polar surface area (TPSA) is 35.6 Å². The van der Waals surface area contributed by atoms with E-state index in [1.54, 1.807) is 11.8 Å². The van der Waals surface area contributed by atoms with E-state index < -0.39 is 0 Å². The molecule has 2 heterocycles. The van der Waals surface area contributed by atoms with Gasteiger partial charge in [0.1, 0.15) is 0 Å². The van der Waals surface area contributed by atoms with Crippen LogP contribution in [-0.2, 0) is 0 Å². The standard InChI is InChI=1S/C25H33N3OS/c1-4-18(2)16-26-25(29)20-11-12-24-22(15-20)28(19(3)17-27-13-7-8-14-27)21-9-5-6-10-23(21)30-24/h5-6,9-12,15,18-19H,4,7-8,13-14,16-17H2,1-3H3,(H,26,29)/t18-,19?/m1/s1. The van der Waals surface area contributed by atoms with E-state index in [4.69, 9.17) is 0 Å². The minimum Gasteiger partial charge on any atom is -0.352 e. The highest BCUT2D eigenvalue weighted by Crippen LogP contribution is 2.49. The number of nitrogens with one attached hydrogen (secondary N) is 1. The second-order valence-electron chi connectivity index (χ2n) is 8.70. The Balaban J connectivity index is 1.63. The summed E-state index contributed by atoms with van der Waals surface area (Å²) in [4.78, 5) is 20.3. The van der Waals surface area contributed by atoms with Crippen molar-refractivity contribution < 1.29 is 4.79 Å². The lowest BCUT2D eigenvalue weighted by molar-refractivity contribution is 0.0948. The van der Waals surface area contributed by atoms with E-state index in [1.807, 2.05) is 6.07 Å². The lowest BCUT2D eigenvalue weighted by Gasteiger charge is -2.39. The highest BCUT2D eigenvalue weighted by atomic mass is 32.2. The molecule has 2 atom stereocenters. The quantitative estimate of drug-likeness (QED) is 0.633. The monoisotopic (exact) mass is 423 g/mol. The molecule has 1 N–H and O–H groups in total. The molecule has 30 heavy (non-hydrogen) atoms. The third-order valence-corrected chi connectivity index (χ3v) is 7.43. The van der Waals surface area contributed by atoms with E-state index in [2.05, 4.69) is 72.3 Å². The first-order chi connectivity index (χ1) is 14.6. The molecular formula is C25H33N3OS. The van der Waals surface area contributed by atoms with Gasteiger partial charge in [0, 0.05) is 34.5 Å². The Bertz CT molecular complexity index is 894. The molecule has 0 aromatic heterocycles. The van der Waals surface area contributed by atoms with Gasteiger partial charge in [0.2, 0.25) is 0 Å². The van der Waals surface area contributed by atoms with Crippen LogP contribution < -0.4 is 10.2 Å². The predicted octanol–water partition coefficient (Wildman–Crippen LogP) is 5.55. The van der Waals surface area contributed by atoms with Crippen molar-refractivity contribution >= 4 is 29.0 Å². The van der Waals surface area contributed by atoms with Gasteiger partial charge >= 0.3 is 0 Å². The third-order valence-electron chi connectivity index (χ3n) is 6.30. The molecule has 1 fully saturated rings. The second kappa shape index (κ2) is 9.44. The second-order valence-corrected chi connectivity index (χ2v) is 9.79. The van der Waals surface area contributed by atoms with Crippen LogP contribution in [0.2, 0.25) is 0 Å². The Morgan fingerprint density at radius 1 is 1.07 bits per heavy atom. The predicted molar refractivity (Wildman–Crippen MR) is 126 cm³/mol. The van der Waals surface area contributed by atoms with Crippen LogP contribution >= 0.6 is 11.8 Å². The first-order valence-corrected chi connectivity index (χ1v) is 12.1. The number of benzene rings is 2. The summed E-state index contributed by atoms with van der Waals surface area (Å²) in [6.45, 7) is 10.8. The van der Waals surface area contributed by atoms with Crippen molar-refractivity contribution in [2.45, 2.75) is 55.9 Å². The van der Waals surface area contributed by atoms with Crippen molar-refractivity contribution in [3.63, 3.8) is 0 Å². The first kappa shape index (κ1) is 21.3. The Morgan fingerprint density at radius 2 is 1.80 bits per heavy atom. The number of likely N-dealkylation sites (tertiary alicyclic amines) is 1. The summed E-state index contributed by atoms with van der Waals surface area (Å²) in [6.07, 6.45) is 3.67. The van der Waals surface area contributed by atoms with Gasteiger partial charge in [-0.3, -0.25) is 4.79 Å². The van der Waals surface area contributed by atoms with Crippen molar-refractivity contribution in [3.8, 4) is 0 Å². The average Bonchev–Trinajstić information content (AvgIpc) is 3.27. The maximum atomic E-state index is 12.8. The van der Waals surface area contributed by atoms with E-state index in [0.29, 0.717) is 12.0 Å². The number of anilines is 2. The Morgan fingerprint density at radius 3 is 2.57 bits per heavy atom. The molecule has 1 unspecified atom stereocenters. The van der Waals surface area contributed by atoms with E-state index in [0.717, 1.165) is 30.8 Å². The van der Waals surface area contributed by atoms with Gasteiger partial charge < -0.3 is 15.1 Å². The molecule has 1 amide bonds. The van der Waals surface area contributed by atoms with Crippen LogP contribution in [0.1, 0.15) is 50.4 Å². The number of nitrogens with zero attached hydrogens (tertiary/aromatic N) is 2. The van der Waals surface area contributed by atoms with Gasteiger partial charge in [0.05, 0.1) is 11.4 Å². The maximum Gasteiger partial charge on any atom is 0.251 e. The molecule has 1 saturated heterocycles. The molecule has 2 aliphatic rings. The lowest BCUT2D eigenvalue weighted by atomic mass is 10.1. The van der Waals surface area contributed by atoms with Crippen LogP contribution in [0.15, 0.2) is 52.3 Å². The summed E-state index contributed by atoms with van der Waals surface area (Å²) in [7, 11) is 0. The van der Waals surface area contributed by atoms with Crippen molar-refractivity contribution in [1.29, 1.82) is 0 Å². The van der Waals surface area contributed by atoms with Gasteiger partial charge in [-0.25, -0.2) is 0 Å². The summed E-state index contributed by atoms with van der Waals surface area (Å²) < 4.78 is 0. The van der Waals surface area contributed by atoms with Gasteiger partial charge in [-0.15, -0.1) is 0 Å². The molecule has 4 rings (SSSR count). The number of carbonyl (C=O) groups excluding carboxylic acids is 1. The van der Waals surface area contributed by atoms with Crippen molar-refractivity contribution in [1.82, 2.24) is 10.2 Å². The molecule has 2 aromatic carbocycles. The molecule has 2 aliphatic heterocycles. The third kappa shape index (κ3) is 4.52. The number of hydrogen-bond donors (Lipinski definition) is 1. The molecule has 5 heteroatoms. The zero-order valence-corrected chi connectivity index (χ0v) is 19.2. The number of amides is 1. The fraction of sp³-hybridized carbons (Fsp3) is 0.480. The van der Waals surface area contributed by atoms with Gasteiger partial charge in [-0.05, 0) is 69.1 Å². The molecule has 0 radical (unpaired) electrons. The minimum absolute atomic E-state index is 0.0223. The van der Waals surface area contributed by atoms with E-state index >= 15 is 0 Å². The van der Waals surface area contributed by atoms with Gasteiger partial charge in [-0.1, -0.05) is 44.2 Å². The van der Waals surface area contributed by atoms with Crippen LogP contribution in [0.3, 0.4) is 0 Å². The van der Waals surface area contributed by atoms with Crippen LogP contribution in [0.25, 0.3) is 0 Å². The fourth-order valence-electron chi connectivity index (χ4n) is 4.33. The molecule has 160 valence electrons. The zero-order chi connectivity index (χ0) is 21.1. The SMILES string of the molecule is CC[C@@H](C)CNC(=O)c1ccc2c(c1)N(C(C)CN1CCCC1)c1ccccc1S2. The molecule has 2 aromatic rings. The maximum absolute atomic E-state index is 12.8. The lowest BCUT2D eigenvalue weighted by Crippen LogP contribution is -2.40. The molecule has 0 bridgehead atoms. The molecule has 0 aliphatic carbocycles. The average molecular weight is 424 g/mol. The van der Waals surface area contributed by atoms with Crippen molar-refractivity contribution in [3.05, 3.63) is 48.0 Å². The summed E-state index contributed by atoms with van der Waals surface area (Å²) in [5, 5.41) is 3.11. The van der Waals surface area contributed by atoms with Crippen LogP contribution in [0.4, 0.5) is 11.4 Å². The summed E-state index contributed by atoms with van der Waals surface area (Å²) in [6, 6.07) is 15.1. The largest absolute Gasteiger partial charge is 0.352 e. The molecular weight excluding hydrogens is 390 g/mol. The molecule has 0 spiro atoms. The number of para-hydroxylation sites is 1. The fourth-order valence-corrected chi connectivity index (χ4v) is 5.39. The molecule has 4 nitrogen and oxygen atoms in total. The van der Waals surface area contributed by atoms with E-state index in [-0.39, 0.29) is 5.91 Å². The van der Waals surface area contributed by atoms with Crippen LogP contribution in [0.5, 0.6) is 0 Å². The van der Waals surface area contributed by atoms with Crippen LogP contribution in [0, 0.1) is 5.92 Å². The van der Waals surface area contributed by atoms with E-state index in [9.17, 15) is 4.79 Å². The summed E-state index contributed by atoms with van der Waals surface area (Å²) in [5.41, 5.74) is 3.15. The molecule has 0 saturated carbocycles. The van der Waals surface area contributed by atoms with Crippen LogP contribution in [-0.4, -0.2) is 43.0 Å². The Kier molecular flexibility index (Phi) is 6.69. The highest BCUT2D eigenvalue weighted by molar-refractivity contribution is 7.99. The number of carbonyl (C=O) groups is 1. The van der Waals surface area contributed by atoms with E-state index in [1.165, 1.54) is 41.4 Å². The van der Waals surface area contributed by atoms with Gasteiger partial charge in [-0.2, -0.15) is 0 Å². The number of rotatable bonds is 7. The summed E-state index contributed by atoms with van der Waals surface area (Å²) >= 11 is 1.80. The highest BCUT2D eigenvalue weighted by Gasteiger charge is 2.29. The first-order valence-electron chi connectivity index (χ1n) is 11.3. The zero-order valence-electron chi connectivity index (χ0n) is 18.4. The summed E-state index contributed by atoms with van der Waals surface area (Å²) in [5.74, 6) is 0.514. The normalized spacial score (nSPS) is 17.9. The number of hydrogen-bond acceptors (Lipinski definition) is 4. The smallest absolute Gasteiger partial charge is 0.251 e. The minimum atomic E-state index is 0.0223.